The van der Waals surface area contributed by atoms with Gasteiger partial charge in [-0.1, -0.05) is 405 Å². The Balaban J connectivity index is 0.000000414. The summed E-state index contributed by atoms with van der Waals surface area (Å²) >= 11 is 0. The minimum absolute atomic E-state index is 0.175. The maximum atomic E-state index is 12.2. The van der Waals surface area contributed by atoms with Crippen molar-refractivity contribution in [3.05, 3.63) is 389 Å². The third-order valence-electron chi connectivity index (χ3n) is 24.9. The molecular formula is C120H156O12. The summed E-state index contributed by atoms with van der Waals surface area (Å²) in [5.41, 5.74) is 21.5. The van der Waals surface area contributed by atoms with Gasteiger partial charge >= 0.3 is 0 Å². The van der Waals surface area contributed by atoms with E-state index in [-0.39, 0.29) is 67.2 Å². The zero-order chi connectivity index (χ0) is 99.7. The lowest BCUT2D eigenvalue weighted by Gasteiger charge is -2.34. The number of ketones is 6. The Morgan fingerprint density at radius 1 is 0.189 bits per heavy atom. The Bertz CT molecular complexity index is 4550. The molecule has 0 spiro atoms. The van der Waals surface area contributed by atoms with Gasteiger partial charge in [-0.2, -0.15) is 0 Å². The first-order valence-electron chi connectivity index (χ1n) is 46.2. The molecule has 0 saturated carbocycles. The van der Waals surface area contributed by atoms with E-state index in [9.17, 15) is 59.4 Å². The van der Waals surface area contributed by atoms with Gasteiger partial charge in [-0.05, 0) is 263 Å². The highest BCUT2D eigenvalue weighted by atomic mass is 16.3. The van der Waals surface area contributed by atoms with Gasteiger partial charge in [-0.3, -0.25) is 28.8 Å². The molecule has 6 atom stereocenters. The second kappa shape index (κ2) is 52.0. The van der Waals surface area contributed by atoms with Gasteiger partial charge in [0.1, 0.15) is 36.6 Å². The first-order chi connectivity index (χ1) is 61.4. The number of allylic oxidation sites excluding steroid dienone is 60. The van der Waals surface area contributed by atoms with Crippen LogP contribution < -0.4 is 0 Å². The van der Waals surface area contributed by atoms with Crippen LogP contribution in [-0.4, -0.2) is 102 Å². The molecule has 2 unspecified atom stereocenters. The second-order valence-corrected chi connectivity index (χ2v) is 40.3. The van der Waals surface area contributed by atoms with Gasteiger partial charge in [0.05, 0.1) is 0 Å². The summed E-state index contributed by atoms with van der Waals surface area (Å²) in [7, 11) is 0. The molecule has 6 N–H and O–H groups in total. The van der Waals surface area contributed by atoms with Crippen LogP contribution in [0.4, 0.5) is 0 Å². The highest BCUT2D eigenvalue weighted by Crippen LogP contribution is 2.46. The number of aliphatic hydroxyl groups is 6. The number of Topliss-reactive ketones (excluding diaryl/α,β-unsaturated/α-hetero) is 6. The molecule has 0 bridgehead atoms. The highest BCUT2D eigenvalue weighted by Gasteiger charge is 2.42. The molecule has 0 radical (unpaired) electrons. The van der Waals surface area contributed by atoms with Crippen LogP contribution in [0.5, 0.6) is 0 Å². The smallest absolute Gasteiger partial charge is 0.187 e. The molecule has 0 aromatic rings. The maximum absolute atomic E-state index is 12.2. The average Bonchev–Trinajstić information content (AvgIpc) is 0.818. The number of hydrogen-bond acceptors (Lipinski definition) is 12. The van der Waals surface area contributed by atoms with Crippen LogP contribution in [0.2, 0.25) is 0 Å². The number of carbonyl (C=O) groups is 6. The second-order valence-electron chi connectivity index (χ2n) is 40.3. The summed E-state index contributed by atoms with van der Waals surface area (Å²) in [6.07, 6.45) is 82.5. The van der Waals surface area contributed by atoms with E-state index >= 15 is 0 Å². The minimum Gasteiger partial charge on any atom is -0.385 e. The molecule has 708 valence electrons. The summed E-state index contributed by atoms with van der Waals surface area (Å²) < 4.78 is 0. The van der Waals surface area contributed by atoms with Gasteiger partial charge < -0.3 is 30.6 Å². The lowest BCUT2D eigenvalue weighted by Crippen LogP contribution is -2.35. The largest absolute Gasteiger partial charge is 0.385 e. The Kier molecular flexibility index (Phi) is 44.7. The SMILES string of the molecule is CC1=C(/C=C/C(C)=C/C=C/C(C)=C/C=C/C=C(C)/C=C/C=C(C)/C=C/C2=C(C)C(=O)C(O)CC2(C)C)C(C)(C)CC(O)C1=O.CC1=C(/C=C/C(C)=C/C=C/C(C)=C/C=C/C=C(C)/C=C/C=C(C)/C=C/C2=C(C)C(=O)[C@@H](O)CC2(C)C)C(C)(C)C[C@H](O)C1=O.CC1=C(/C=C/C(C)=C/C=C/C(C)=C/C=C/C=C(C)/C=C/C=C(C)/C=C/C2=C(C)C(=O)[C@H](O)CC2(C)C)C(C)(C)C[C@@H](O)C1=O. The summed E-state index contributed by atoms with van der Waals surface area (Å²) in [5.74, 6) is -1.05. The van der Waals surface area contributed by atoms with Crippen LogP contribution in [-0.2, 0) is 28.8 Å². The van der Waals surface area contributed by atoms with Gasteiger partial charge in [0, 0.05) is 0 Å². The lowest BCUT2D eigenvalue weighted by molar-refractivity contribution is -0.126. The minimum atomic E-state index is -0.907. The van der Waals surface area contributed by atoms with Crippen molar-refractivity contribution in [2.75, 3.05) is 0 Å². The third-order valence-corrected chi connectivity index (χ3v) is 24.9. The molecule has 132 heavy (non-hydrogen) atoms. The molecule has 6 aliphatic carbocycles. The molecule has 0 heterocycles. The fraction of sp³-hybridized carbons (Fsp3) is 0.400. The molecule has 0 aromatic carbocycles. The van der Waals surface area contributed by atoms with E-state index < -0.39 is 36.6 Å². The highest BCUT2D eigenvalue weighted by molar-refractivity contribution is 6.03. The summed E-state index contributed by atoms with van der Waals surface area (Å²) in [6, 6.07) is 0. The maximum Gasteiger partial charge on any atom is 0.187 e. The first-order valence-corrected chi connectivity index (χ1v) is 46.2. The van der Waals surface area contributed by atoms with E-state index in [2.05, 4.69) is 198 Å². The van der Waals surface area contributed by atoms with Crippen molar-refractivity contribution in [3.63, 3.8) is 0 Å². The molecule has 6 rings (SSSR count). The van der Waals surface area contributed by atoms with Gasteiger partial charge in [0.25, 0.3) is 0 Å². The summed E-state index contributed by atoms with van der Waals surface area (Å²) in [5, 5.41) is 60.1. The molecule has 0 amide bonds. The van der Waals surface area contributed by atoms with Crippen LogP contribution in [0, 0.1) is 32.5 Å². The fourth-order valence-electron chi connectivity index (χ4n) is 16.9. The predicted octanol–water partition coefficient (Wildman–Crippen LogP) is 26.7. The van der Waals surface area contributed by atoms with E-state index in [1.54, 1.807) is 41.5 Å². The standard InChI is InChI=1S/3C40H52O4/c3*1-27(17-13-19-29(3)21-23-33-31(5)37(43)35(41)25-39(33,7)8)15-11-12-16-28(2)18-14-20-30(4)22-24-34-32(6)38(44)36(42)26-40(34,9)10/h3*11-24,35-36,41-42H,25-26H2,1-10H3/b3*12-11+,17-13+,18-14+,23-21+,24-22+,27-15+,28-16+,29-19+,30-20+/t2*35-,36-;/m10./s1. The Morgan fingerprint density at radius 2 is 0.288 bits per heavy atom. The lowest BCUT2D eigenvalue weighted by atomic mass is 9.71. The van der Waals surface area contributed by atoms with Crippen LogP contribution in [0.1, 0.15) is 246 Å². The van der Waals surface area contributed by atoms with Crippen LogP contribution >= 0.6 is 0 Å². The topological polar surface area (TPSA) is 224 Å². The third kappa shape index (κ3) is 36.3. The van der Waals surface area contributed by atoms with Crippen molar-refractivity contribution >= 4 is 34.7 Å². The van der Waals surface area contributed by atoms with E-state index in [1.165, 1.54) is 0 Å². The number of aliphatic hydroxyl groups excluding tert-OH is 6. The number of rotatable bonds is 30. The summed E-state index contributed by atoms with van der Waals surface area (Å²) in [4.78, 5) is 73.4. The molecule has 12 heteroatoms. The van der Waals surface area contributed by atoms with Gasteiger partial charge in [0.2, 0.25) is 0 Å². The molecule has 0 fully saturated rings. The Morgan fingerprint density at radius 3 is 0.402 bits per heavy atom. The molecule has 0 saturated heterocycles. The van der Waals surface area contributed by atoms with Gasteiger partial charge in [0.15, 0.2) is 34.7 Å². The molecular weight excluding hydrogens is 1630 g/mol. The van der Waals surface area contributed by atoms with Crippen molar-refractivity contribution in [1.29, 1.82) is 0 Å². The zero-order valence-corrected chi connectivity index (χ0v) is 85.1. The van der Waals surface area contributed by atoms with Gasteiger partial charge in [-0.25, -0.2) is 0 Å². The molecule has 0 aromatic heterocycles. The van der Waals surface area contributed by atoms with E-state index in [1.807, 2.05) is 224 Å². The van der Waals surface area contributed by atoms with Gasteiger partial charge in [-0.15, -0.1) is 0 Å². The van der Waals surface area contributed by atoms with Crippen molar-refractivity contribution in [2.24, 2.45) is 32.5 Å². The Labute approximate surface area is 793 Å². The summed E-state index contributed by atoms with van der Waals surface area (Å²) in [6.45, 7) is 60.0. The zero-order valence-electron chi connectivity index (χ0n) is 85.1. The van der Waals surface area contributed by atoms with Crippen molar-refractivity contribution < 1.29 is 59.4 Å². The van der Waals surface area contributed by atoms with Crippen LogP contribution in [0.25, 0.3) is 0 Å². The monoisotopic (exact) mass is 1790 g/mol. The van der Waals surface area contributed by atoms with E-state index in [0.29, 0.717) is 72.0 Å². The predicted molar refractivity (Wildman–Crippen MR) is 555 cm³/mol. The molecule has 12 nitrogen and oxygen atoms in total. The average molecular weight is 1790 g/mol. The van der Waals surface area contributed by atoms with Crippen LogP contribution in [0.15, 0.2) is 389 Å². The van der Waals surface area contributed by atoms with Crippen molar-refractivity contribution in [3.8, 4) is 0 Å². The van der Waals surface area contributed by atoms with E-state index in [4.69, 9.17) is 0 Å². The number of hydrogen-bond donors (Lipinski definition) is 6. The number of carbonyl (C=O) groups excluding carboxylic acids is 6. The first kappa shape index (κ1) is 114. The normalized spacial score (nSPS) is 24.5. The quantitative estimate of drug-likeness (QED) is 0.0370. The molecule has 6 aliphatic rings. The Hall–Kier alpha value is -10.8. The molecule has 0 aliphatic heterocycles. The van der Waals surface area contributed by atoms with Crippen molar-refractivity contribution in [2.45, 2.75) is 283 Å². The fourth-order valence-corrected chi connectivity index (χ4v) is 16.9. The van der Waals surface area contributed by atoms with Crippen molar-refractivity contribution in [1.82, 2.24) is 0 Å². The van der Waals surface area contributed by atoms with E-state index in [0.717, 1.165) is 100 Å². The van der Waals surface area contributed by atoms with Crippen LogP contribution in [0.3, 0.4) is 0 Å².